The molecule has 0 aromatic heterocycles. The summed E-state index contributed by atoms with van der Waals surface area (Å²) >= 11 is 0. The standard InChI is InChI=1S/C17H12F2N4O2/c1-9-15(2)24-13(11-5-10(18)3-4-12(11)19)16(6-20,7-21)17(9,8-22)14(23)25-15/h3-5,9,13,23H,1-2H3. The second-order valence-corrected chi connectivity index (χ2v) is 6.28. The van der Waals surface area contributed by atoms with Crippen molar-refractivity contribution in [3.05, 3.63) is 35.4 Å². The zero-order chi connectivity index (χ0) is 18.6. The Balaban J connectivity index is 2.37. The lowest BCUT2D eigenvalue weighted by Crippen LogP contribution is -2.57. The second-order valence-electron chi connectivity index (χ2n) is 6.28. The van der Waals surface area contributed by atoms with Crippen molar-refractivity contribution in [3.8, 4) is 18.2 Å². The fraction of sp³-hybridized carbons (Fsp3) is 0.412. The number of hydrogen-bond donors (Lipinski definition) is 1. The van der Waals surface area contributed by atoms with Crippen molar-refractivity contribution in [1.29, 1.82) is 21.2 Å². The molecule has 126 valence electrons. The van der Waals surface area contributed by atoms with E-state index >= 15 is 0 Å². The fourth-order valence-electron chi connectivity index (χ4n) is 3.70. The molecule has 4 atom stereocenters. The topological polar surface area (TPSA) is 114 Å². The van der Waals surface area contributed by atoms with Crippen LogP contribution in [0.5, 0.6) is 0 Å². The number of nitrogens with zero attached hydrogens (tertiary/aromatic N) is 3. The Morgan fingerprint density at radius 2 is 1.80 bits per heavy atom. The minimum atomic E-state index is -2.29. The maximum absolute atomic E-state index is 14.3. The molecule has 0 radical (unpaired) electrons. The maximum atomic E-state index is 14.3. The summed E-state index contributed by atoms with van der Waals surface area (Å²) in [7, 11) is 0. The van der Waals surface area contributed by atoms with Crippen molar-refractivity contribution in [2.75, 3.05) is 0 Å². The molecule has 2 aliphatic rings. The van der Waals surface area contributed by atoms with E-state index in [0.29, 0.717) is 0 Å². The SMILES string of the molecule is CC1C2(C)OC(=N)C1(C#N)C(C#N)(C#N)C(c1cc(F)ccc1F)O2. The molecule has 8 heteroatoms. The Morgan fingerprint density at radius 3 is 2.36 bits per heavy atom. The minimum absolute atomic E-state index is 0.376. The van der Waals surface area contributed by atoms with E-state index in [1.165, 1.54) is 13.8 Å². The molecule has 4 unspecified atom stereocenters. The third-order valence-electron chi connectivity index (χ3n) is 5.24. The Kier molecular flexibility index (Phi) is 3.36. The number of nitrogens with one attached hydrogen (secondary N) is 1. The molecule has 2 fully saturated rings. The lowest BCUT2D eigenvalue weighted by molar-refractivity contribution is -0.269. The molecule has 0 saturated carbocycles. The molecular formula is C17H12F2N4O2. The van der Waals surface area contributed by atoms with Gasteiger partial charge in [0.25, 0.3) is 0 Å². The molecule has 0 aliphatic carbocycles. The molecule has 6 nitrogen and oxygen atoms in total. The molecule has 0 amide bonds. The van der Waals surface area contributed by atoms with Gasteiger partial charge in [-0.05, 0) is 18.2 Å². The highest BCUT2D eigenvalue weighted by molar-refractivity contribution is 5.89. The zero-order valence-electron chi connectivity index (χ0n) is 13.3. The molecule has 2 heterocycles. The van der Waals surface area contributed by atoms with Crippen LogP contribution in [0.15, 0.2) is 18.2 Å². The van der Waals surface area contributed by atoms with Crippen LogP contribution in [0.1, 0.15) is 25.5 Å². The second kappa shape index (κ2) is 4.99. The summed E-state index contributed by atoms with van der Waals surface area (Å²) in [5, 5.41) is 37.5. The summed E-state index contributed by atoms with van der Waals surface area (Å²) in [4.78, 5) is 0. The first-order valence-corrected chi connectivity index (χ1v) is 7.37. The van der Waals surface area contributed by atoms with Gasteiger partial charge >= 0.3 is 0 Å². The third-order valence-corrected chi connectivity index (χ3v) is 5.24. The first-order valence-electron chi connectivity index (χ1n) is 7.37. The van der Waals surface area contributed by atoms with Gasteiger partial charge in [-0.3, -0.25) is 5.41 Å². The third kappa shape index (κ3) is 1.74. The number of fused-ring (bicyclic) bond motifs is 2. The number of benzene rings is 1. The smallest absolute Gasteiger partial charge is 0.214 e. The highest BCUT2D eigenvalue weighted by atomic mass is 19.1. The van der Waals surface area contributed by atoms with Crippen LogP contribution in [0.4, 0.5) is 8.78 Å². The molecule has 2 saturated heterocycles. The van der Waals surface area contributed by atoms with E-state index in [0.717, 1.165) is 18.2 Å². The number of halogens is 2. The monoisotopic (exact) mass is 342 g/mol. The Labute approximate surface area is 142 Å². The van der Waals surface area contributed by atoms with Gasteiger partial charge in [-0.1, -0.05) is 6.92 Å². The average Bonchev–Trinajstić information content (AvgIpc) is 2.72. The highest BCUT2D eigenvalue weighted by Crippen LogP contribution is 2.66. The van der Waals surface area contributed by atoms with E-state index in [1.807, 2.05) is 6.07 Å². The number of nitriles is 3. The fourth-order valence-corrected chi connectivity index (χ4v) is 3.70. The lowest BCUT2D eigenvalue weighted by atomic mass is 9.54. The number of ether oxygens (including phenoxy) is 2. The van der Waals surface area contributed by atoms with Crippen molar-refractivity contribution in [3.63, 3.8) is 0 Å². The molecule has 2 aliphatic heterocycles. The van der Waals surface area contributed by atoms with Gasteiger partial charge in [0.05, 0.1) is 24.1 Å². The van der Waals surface area contributed by atoms with E-state index in [-0.39, 0.29) is 5.56 Å². The van der Waals surface area contributed by atoms with Crippen LogP contribution in [-0.4, -0.2) is 11.7 Å². The summed E-state index contributed by atoms with van der Waals surface area (Å²) in [6, 6.07) is 7.91. The van der Waals surface area contributed by atoms with Crippen LogP contribution in [0.3, 0.4) is 0 Å². The van der Waals surface area contributed by atoms with Crippen molar-refractivity contribution in [1.82, 2.24) is 0 Å². The number of rotatable bonds is 1. The Morgan fingerprint density at radius 1 is 1.16 bits per heavy atom. The van der Waals surface area contributed by atoms with Crippen molar-refractivity contribution in [2.24, 2.45) is 16.7 Å². The molecule has 3 rings (SSSR count). The first-order chi connectivity index (χ1) is 11.7. The summed E-state index contributed by atoms with van der Waals surface area (Å²) in [5.74, 6) is -4.66. The summed E-state index contributed by atoms with van der Waals surface area (Å²) in [6.07, 6.45) is -1.61. The number of hydrogen-bond acceptors (Lipinski definition) is 6. The molecule has 1 aromatic rings. The Hall–Kier alpha value is -3.02. The normalized spacial score (nSPS) is 35.2. The summed E-state index contributed by atoms with van der Waals surface area (Å²) in [6.45, 7) is 2.96. The van der Waals surface area contributed by atoms with E-state index in [2.05, 4.69) is 0 Å². The summed E-state index contributed by atoms with van der Waals surface area (Å²) in [5.41, 5.74) is -4.64. The van der Waals surface area contributed by atoms with E-state index in [4.69, 9.17) is 14.9 Å². The van der Waals surface area contributed by atoms with Crippen molar-refractivity contribution in [2.45, 2.75) is 25.7 Å². The molecule has 1 N–H and O–H groups in total. The first kappa shape index (κ1) is 16.8. The predicted molar refractivity (Wildman–Crippen MR) is 78.3 cm³/mol. The van der Waals surface area contributed by atoms with Crippen LogP contribution in [0, 0.1) is 67.8 Å². The Bertz CT molecular complexity index is 899. The molecular weight excluding hydrogens is 330 g/mol. The van der Waals surface area contributed by atoms with E-state index in [1.54, 1.807) is 12.1 Å². The van der Waals surface area contributed by atoms with Crippen LogP contribution in [-0.2, 0) is 9.47 Å². The van der Waals surface area contributed by atoms with Gasteiger partial charge in [0, 0.05) is 12.5 Å². The molecule has 25 heavy (non-hydrogen) atoms. The molecule has 0 spiro atoms. The highest BCUT2D eigenvalue weighted by Gasteiger charge is 2.78. The largest absolute Gasteiger partial charge is 0.448 e. The predicted octanol–water partition coefficient (Wildman–Crippen LogP) is 2.94. The lowest BCUT2D eigenvalue weighted by Gasteiger charge is -2.47. The minimum Gasteiger partial charge on any atom is -0.448 e. The van der Waals surface area contributed by atoms with E-state index in [9.17, 15) is 24.6 Å². The molecule has 1 aromatic carbocycles. The summed E-state index contributed by atoms with van der Waals surface area (Å²) < 4.78 is 39.1. The van der Waals surface area contributed by atoms with Gasteiger partial charge in [0.15, 0.2) is 5.41 Å². The quantitative estimate of drug-likeness (QED) is 0.843. The van der Waals surface area contributed by atoms with Gasteiger partial charge in [0.1, 0.15) is 17.7 Å². The van der Waals surface area contributed by atoms with Crippen LogP contribution >= 0.6 is 0 Å². The van der Waals surface area contributed by atoms with Gasteiger partial charge in [-0.25, -0.2) is 8.78 Å². The van der Waals surface area contributed by atoms with Gasteiger partial charge in [-0.15, -0.1) is 0 Å². The zero-order valence-corrected chi connectivity index (χ0v) is 13.3. The van der Waals surface area contributed by atoms with Gasteiger partial charge in [-0.2, -0.15) is 15.8 Å². The van der Waals surface area contributed by atoms with Crippen LogP contribution in [0.25, 0.3) is 0 Å². The van der Waals surface area contributed by atoms with Gasteiger partial charge in [0.2, 0.25) is 17.1 Å². The molecule has 2 bridgehead atoms. The van der Waals surface area contributed by atoms with E-state index < -0.39 is 46.2 Å². The van der Waals surface area contributed by atoms with Crippen molar-refractivity contribution < 1.29 is 18.3 Å². The average molecular weight is 342 g/mol. The van der Waals surface area contributed by atoms with Crippen LogP contribution in [0.2, 0.25) is 0 Å². The van der Waals surface area contributed by atoms with Crippen LogP contribution < -0.4 is 0 Å². The van der Waals surface area contributed by atoms with Crippen molar-refractivity contribution >= 4 is 5.90 Å². The van der Waals surface area contributed by atoms with Gasteiger partial charge < -0.3 is 9.47 Å². The maximum Gasteiger partial charge on any atom is 0.214 e.